The summed E-state index contributed by atoms with van der Waals surface area (Å²) in [6.07, 6.45) is 1.07. The minimum atomic E-state index is -1.90. The summed E-state index contributed by atoms with van der Waals surface area (Å²) in [5, 5.41) is 0. The van der Waals surface area contributed by atoms with Crippen molar-refractivity contribution in [3.05, 3.63) is 0 Å². The van der Waals surface area contributed by atoms with Crippen LogP contribution in [0.2, 0.25) is 24.7 Å². The number of hydrogen-bond donors (Lipinski definition) is 0. The van der Waals surface area contributed by atoms with Gasteiger partial charge < -0.3 is 8.85 Å². The molecular weight excluding hydrogens is 272 g/mol. The summed E-state index contributed by atoms with van der Waals surface area (Å²) in [4.78, 5) is 12.1. The fourth-order valence-electron chi connectivity index (χ4n) is 1.42. The highest BCUT2D eigenvalue weighted by Crippen LogP contribution is 2.26. The van der Waals surface area contributed by atoms with Crippen molar-refractivity contribution >= 4 is 24.0 Å². The fourth-order valence-corrected chi connectivity index (χ4v) is 4.26. The lowest BCUT2D eigenvalue weighted by Crippen LogP contribution is -2.39. The Morgan fingerprint density at radius 2 is 1.79 bits per heavy atom. The molecular formula is C14H30O3Si2. The predicted molar refractivity (Wildman–Crippen MR) is 83.9 cm³/mol. The van der Waals surface area contributed by atoms with Crippen LogP contribution in [0, 0.1) is 5.92 Å². The minimum Gasteiger partial charge on any atom is -0.519 e. The molecule has 0 saturated heterocycles. The second kappa shape index (κ2) is 7.59. The van der Waals surface area contributed by atoms with E-state index in [1.165, 1.54) is 0 Å². The Kier molecular flexibility index (Phi) is 7.54. The van der Waals surface area contributed by atoms with Crippen molar-refractivity contribution < 1.29 is 13.6 Å². The second-order valence-corrected chi connectivity index (χ2v) is 12.1. The molecule has 0 fully saturated rings. The zero-order valence-corrected chi connectivity index (χ0v) is 15.8. The summed E-state index contributed by atoms with van der Waals surface area (Å²) in [5.41, 5.74) is 0.365. The molecule has 0 aromatic carbocycles. The average Bonchev–Trinajstić information content (AvgIpc) is 2.25. The molecule has 5 heteroatoms. The van der Waals surface area contributed by atoms with Crippen LogP contribution in [0.3, 0.4) is 0 Å². The first-order valence-corrected chi connectivity index (χ1v) is 11.2. The Bertz CT molecular complexity index is 285. The molecule has 0 aromatic heterocycles. The minimum absolute atomic E-state index is 0.0537. The van der Waals surface area contributed by atoms with Crippen LogP contribution in [-0.2, 0) is 13.6 Å². The van der Waals surface area contributed by atoms with Crippen LogP contribution in [0.4, 0.5) is 0 Å². The second-order valence-electron chi connectivity index (χ2n) is 6.80. The molecule has 19 heavy (non-hydrogen) atoms. The number of carbonyl (C=O) groups is 1. The van der Waals surface area contributed by atoms with Gasteiger partial charge in [-0.25, -0.2) is 0 Å². The Morgan fingerprint density at radius 3 is 2.21 bits per heavy atom. The fraction of sp³-hybridized carbons (Fsp3) is 0.929. The Labute approximate surface area is 122 Å². The number of hydrogen-bond acceptors (Lipinski definition) is 3. The maximum atomic E-state index is 12.1. The lowest BCUT2D eigenvalue weighted by atomic mass is 10.2. The van der Waals surface area contributed by atoms with E-state index in [0.29, 0.717) is 15.3 Å². The van der Waals surface area contributed by atoms with E-state index < -0.39 is 8.32 Å². The van der Waals surface area contributed by atoms with Crippen LogP contribution in [0.1, 0.15) is 48.0 Å². The summed E-state index contributed by atoms with van der Waals surface area (Å²) in [6, 6.07) is 0.751. The first-order chi connectivity index (χ1) is 8.49. The Hall–Kier alpha value is -0.136. The van der Waals surface area contributed by atoms with E-state index in [1.54, 1.807) is 0 Å². The van der Waals surface area contributed by atoms with Crippen molar-refractivity contribution in [2.75, 3.05) is 0 Å². The molecule has 0 aromatic rings. The van der Waals surface area contributed by atoms with Gasteiger partial charge in [0.15, 0.2) is 0 Å². The normalized spacial score (nSPS) is 16.0. The van der Waals surface area contributed by atoms with Crippen LogP contribution in [0.25, 0.3) is 0 Å². The lowest BCUT2D eigenvalue weighted by molar-refractivity contribution is -0.138. The van der Waals surface area contributed by atoms with Gasteiger partial charge in [0.25, 0.3) is 14.3 Å². The van der Waals surface area contributed by atoms with Gasteiger partial charge in [-0.1, -0.05) is 27.2 Å². The summed E-state index contributed by atoms with van der Waals surface area (Å²) in [5.74, 6) is -0.126. The highest BCUT2D eigenvalue weighted by molar-refractivity contribution is 6.74. The van der Waals surface area contributed by atoms with Crippen LogP contribution in [-0.4, -0.2) is 29.7 Å². The highest BCUT2D eigenvalue weighted by Gasteiger charge is 2.34. The molecule has 0 aliphatic carbocycles. The molecule has 0 amide bonds. The maximum Gasteiger partial charge on any atom is 0.295 e. The summed E-state index contributed by atoms with van der Waals surface area (Å²) >= 11 is 0. The van der Waals surface area contributed by atoms with Gasteiger partial charge in [-0.05, 0) is 45.5 Å². The zero-order chi connectivity index (χ0) is 15.3. The lowest BCUT2D eigenvalue weighted by Gasteiger charge is -2.30. The predicted octanol–water partition coefficient (Wildman–Crippen LogP) is 4.02. The smallest absolute Gasteiger partial charge is 0.295 e. The van der Waals surface area contributed by atoms with Gasteiger partial charge >= 0.3 is 0 Å². The molecule has 0 saturated carbocycles. The van der Waals surface area contributed by atoms with Gasteiger partial charge in [0.1, 0.15) is 0 Å². The highest BCUT2D eigenvalue weighted by atomic mass is 28.4. The summed E-state index contributed by atoms with van der Waals surface area (Å²) in [7, 11) is -1.54. The molecule has 2 radical (unpaired) electrons. The van der Waals surface area contributed by atoms with Gasteiger partial charge in [0, 0.05) is 5.60 Å². The molecule has 112 valence electrons. The van der Waals surface area contributed by atoms with E-state index in [4.69, 9.17) is 8.85 Å². The van der Waals surface area contributed by atoms with Crippen molar-refractivity contribution in [2.45, 2.75) is 78.2 Å². The quantitative estimate of drug-likeness (QED) is 0.666. The van der Waals surface area contributed by atoms with Gasteiger partial charge in [0.2, 0.25) is 9.76 Å². The standard InChI is InChI=1S/C14H30O3Si2/c1-9-12(3)19(7,8)16-13(15)11(2)10-18-17-14(4,5)6/h11-12H,9-10H2,1-8H3. The molecule has 0 N–H and O–H groups in total. The monoisotopic (exact) mass is 302 g/mol. The van der Waals surface area contributed by atoms with Crippen molar-refractivity contribution in [3.8, 4) is 0 Å². The molecule has 0 bridgehead atoms. The topological polar surface area (TPSA) is 35.5 Å². The molecule has 3 nitrogen and oxygen atoms in total. The molecule has 2 unspecified atom stereocenters. The van der Waals surface area contributed by atoms with E-state index >= 15 is 0 Å². The van der Waals surface area contributed by atoms with E-state index in [2.05, 4.69) is 26.9 Å². The van der Waals surface area contributed by atoms with Crippen LogP contribution < -0.4 is 0 Å². The Morgan fingerprint density at radius 1 is 1.26 bits per heavy atom. The third kappa shape index (κ3) is 7.89. The van der Waals surface area contributed by atoms with Gasteiger partial charge in [-0.3, -0.25) is 4.79 Å². The SMILES string of the molecule is CCC(C)[Si](C)(C)OC(=O)C(C)C[Si]OC(C)(C)C. The van der Waals surface area contributed by atoms with Gasteiger partial charge in [0.05, 0.1) is 5.92 Å². The molecule has 0 heterocycles. The molecule has 0 rings (SSSR count). The third-order valence-corrected chi connectivity index (χ3v) is 8.38. The van der Waals surface area contributed by atoms with Crippen LogP contribution >= 0.6 is 0 Å². The maximum absolute atomic E-state index is 12.1. The molecule has 0 aliphatic rings. The van der Waals surface area contributed by atoms with E-state index in [0.717, 1.165) is 12.5 Å². The van der Waals surface area contributed by atoms with Crippen molar-refractivity contribution in [1.82, 2.24) is 0 Å². The summed E-state index contributed by atoms with van der Waals surface area (Å²) in [6.45, 7) is 16.6. The van der Waals surface area contributed by atoms with E-state index in [9.17, 15) is 4.79 Å². The first-order valence-electron chi connectivity index (χ1n) is 7.13. The zero-order valence-electron chi connectivity index (χ0n) is 13.8. The first kappa shape index (κ1) is 18.9. The Balaban J connectivity index is 4.21. The largest absolute Gasteiger partial charge is 0.519 e. The van der Waals surface area contributed by atoms with Crippen LogP contribution in [0.5, 0.6) is 0 Å². The van der Waals surface area contributed by atoms with Gasteiger partial charge in [-0.2, -0.15) is 0 Å². The van der Waals surface area contributed by atoms with Crippen molar-refractivity contribution in [3.63, 3.8) is 0 Å². The van der Waals surface area contributed by atoms with E-state index in [1.807, 2.05) is 27.7 Å². The van der Waals surface area contributed by atoms with Crippen molar-refractivity contribution in [2.24, 2.45) is 5.92 Å². The average molecular weight is 303 g/mol. The number of rotatable bonds is 7. The third-order valence-electron chi connectivity index (χ3n) is 3.33. The molecule has 0 aliphatic heterocycles. The molecule has 0 spiro atoms. The molecule has 2 atom stereocenters. The number of carbonyl (C=O) groups excluding carboxylic acids is 1. The van der Waals surface area contributed by atoms with Crippen LogP contribution in [0.15, 0.2) is 0 Å². The van der Waals surface area contributed by atoms with Gasteiger partial charge in [-0.15, -0.1) is 0 Å². The van der Waals surface area contributed by atoms with Crippen molar-refractivity contribution in [1.29, 1.82) is 0 Å². The van der Waals surface area contributed by atoms with E-state index in [-0.39, 0.29) is 17.5 Å². The summed E-state index contributed by atoms with van der Waals surface area (Å²) < 4.78 is 11.5.